The summed E-state index contributed by atoms with van der Waals surface area (Å²) in [7, 11) is 0. The number of halogens is 1. The van der Waals surface area contributed by atoms with E-state index < -0.39 is 5.97 Å². The summed E-state index contributed by atoms with van der Waals surface area (Å²) in [5.74, 6) is -0.371. The first-order valence-corrected chi connectivity index (χ1v) is 8.71. The minimum absolute atomic E-state index is 0. The van der Waals surface area contributed by atoms with E-state index in [0.29, 0.717) is 25.9 Å². The number of amides is 1. The molecule has 0 spiro atoms. The molecule has 1 aromatic carbocycles. The number of hydrogen-bond donors (Lipinski definition) is 2. The van der Waals surface area contributed by atoms with E-state index in [2.05, 4.69) is 5.32 Å². The van der Waals surface area contributed by atoms with Gasteiger partial charge in [0.25, 0.3) is 0 Å². The molecule has 3 rings (SSSR count). The highest BCUT2D eigenvalue weighted by molar-refractivity contribution is 5.85. The highest BCUT2D eigenvalue weighted by atomic mass is 35.5. The Bertz CT molecular complexity index is 735. The molecule has 0 radical (unpaired) electrons. The van der Waals surface area contributed by atoms with Gasteiger partial charge in [-0.05, 0) is 51.9 Å². The van der Waals surface area contributed by atoms with Crippen molar-refractivity contribution in [3.05, 3.63) is 36.1 Å². The Balaban J connectivity index is 0.00000243. The highest BCUT2D eigenvalue weighted by Gasteiger charge is 2.30. The summed E-state index contributed by atoms with van der Waals surface area (Å²) in [5, 5.41) is 13.1. The van der Waals surface area contributed by atoms with Gasteiger partial charge in [0.05, 0.1) is 18.0 Å². The van der Waals surface area contributed by atoms with Crippen LogP contribution in [0.25, 0.3) is 11.0 Å². The number of likely N-dealkylation sites (tertiary alicyclic amines) is 1. The zero-order valence-corrected chi connectivity index (χ0v) is 15.8. The minimum Gasteiger partial charge on any atom is -0.481 e. The standard InChI is InChI=1S/C19H24N2O4.ClH/c1-12(17-11-15-5-3-4-6-16(15)25-17)20-18(22)13(2)21-9-7-14(8-10-21)19(23)24;/h3-6,11-14H,7-10H2,1-2H3,(H,20,22)(H,23,24);1H. The summed E-state index contributed by atoms with van der Waals surface area (Å²) in [5.41, 5.74) is 0.808. The summed E-state index contributed by atoms with van der Waals surface area (Å²) in [6.45, 7) is 5.02. The maximum absolute atomic E-state index is 12.5. The van der Waals surface area contributed by atoms with Gasteiger partial charge in [0, 0.05) is 5.39 Å². The predicted molar refractivity (Wildman–Crippen MR) is 101 cm³/mol. The fourth-order valence-electron chi connectivity index (χ4n) is 3.32. The largest absolute Gasteiger partial charge is 0.481 e. The van der Waals surface area contributed by atoms with E-state index in [-0.39, 0.29) is 36.3 Å². The van der Waals surface area contributed by atoms with Crippen molar-refractivity contribution in [3.63, 3.8) is 0 Å². The van der Waals surface area contributed by atoms with Gasteiger partial charge in [-0.2, -0.15) is 0 Å². The highest BCUT2D eigenvalue weighted by Crippen LogP contribution is 2.24. The van der Waals surface area contributed by atoms with Gasteiger partial charge in [-0.25, -0.2) is 0 Å². The van der Waals surface area contributed by atoms with E-state index in [1.54, 1.807) is 0 Å². The normalized spacial score (nSPS) is 18.1. The number of furan rings is 1. The summed E-state index contributed by atoms with van der Waals surface area (Å²) in [4.78, 5) is 25.6. The first-order chi connectivity index (χ1) is 12.0. The van der Waals surface area contributed by atoms with E-state index in [1.807, 2.05) is 49.1 Å². The van der Waals surface area contributed by atoms with E-state index in [1.165, 1.54) is 0 Å². The molecule has 7 heteroatoms. The van der Waals surface area contributed by atoms with E-state index in [4.69, 9.17) is 9.52 Å². The number of nitrogens with zero attached hydrogens (tertiary/aromatic N) is 1. The van der Waals surface area contributed by atoms with Crippen molar-refractivity contribution in [2.24, 2.45) is 5.92 Å². The van der Waals surface area contributed by atoms with Gasteiger partial charge in [-0.3, -0.25) is 14.5 Å². The van der Waals surface area contributed by atoms with Crippen LogP contribution >= 0.6 is 12.4 Å². The topological polar surface area (TPSA) is 82.8 Å². The van der Waals surface area contributed by atoms with Crippen LogP contribution < -0.4 is 5.32 Å². The van der Waals surface area contributed by atoms with Crippen LogP contribution in [-0.2, 0) is 9.59 Å². The minimum atomic E-state index is -0.740. The number of carbonyl (C=O) groups excluding carboxylic acids is 1. The number of rotatable bonds is 5. The predicted octanol–water partition coefficient (Wildman–Crippen LogP) is 3.22. The Hall–Kier alpha value is -2.05. The van der Waals surface area contributed by atoms with Crippen molar-refractivity contribution in [1.29, 1.82) is 0 Å². The third kappa shape index (κ3) is 4.37. The number of nitrogens with one attached hydrogen (secondary N) is 1. The molecular formula is C19H25ClN2O4. The molecular weight excluding hydrogens is 356 g/mol. The fraction of sp³-hybridized carbons (Fsp3) is 0.474. The van der Waals surface area contributed by atoms with Gasteiger partial charge in [-0.1, -0.05) is 18.2 Å². The molecule has 0 aliphatic carbocycles. The van der Waals surface area contributed by atoms with Gasteiger partial charge in [0.1, 0.15) is 11.3 Å². The molecule has 0 bridgehead atoms. The number of carboxylic acids is 1. The zero-order valence-electron chi connectivity index (χ0n) is 15.0. The molecule has 1 aliphatic heterocycles. The Labute approximate surface area is 158 Å². The molecule has 1 aliphatic rings. The first-order valence-electron chi connectivity index (χ1n) is 8.71. The molecule has 0 saturated carbocycles. The van der Waals surface area contributed by atoms with Crippen LogP contribution in [0.4, 0.5) is 0 Å². The van der Waals surface area contributed by atoms with Crippen LogP contribution in [0.3, 0.4) is 0 Å². The lowest BCUT2D eigenvalue weighted by molar-refractivity contribution is -0.143. The second-order valence-corrected chi connectivity index (χ2v) is 6.74. The lowest BCUT2D eigenvalue weighted by Crippen LogP contribution is -2.49. The SMILES string of the molecule is CC(NC(=O)C(C)N1CCC(C(=O)O)CC1)c1cc2ccccc2o1.Cl. The molecule has 6 nitrogen and oxygen atoms in total. The van der Waals surface area contributed by atoms with Crippen molar-refractivity contribution in [3.8, 4) is 0 Å². The molecule has 2 aromatic rings. The average molecular weight is 381 g/mol. The van der Waals surface area contributed by atoms with E-state index in [0.717, 1.165) is 16.7 Å². The van der Waals surface area contributed by atoms with E-state index in [9.17, 15) is 9.59 Å². The number of para-hydroxylation sites is 1. The van der Waals surface area contributed by atoms with Crippen LogP contribution in [0.2, 0.25) is 0 Å². The molecule has 2 heterocycles. The van der Waals surface area contributed by atoms with Crippen molar-refractivity contribution >= 4 is 35.3 Å². The zero-order chi connectivity index (χ0) is 18.0. The van der Waals surface area contributed by atoms with E-state index >= 15 is 0 Å². The first kappa shape index (κ1) is 20.3. The molecule has 1 amide bonds. The lowest BCUT2D eigenvalue weighted by Gasteiger charge is -2.34. The molecule has 2 atom stereocenters. The Morgan fingerprint density at radius 3 is 2.50 bits per heavy atom. The Kier molecular flexibility index (Phi) is 6.67. The van der Waals surface area contributed by atoms with Crippen LogP contribution in [0, 0.1) is 5.92 Å². The van der Waals surface area contributed by atoms with Crippen LogP contribution in [0.15, 0.2) is 34.7 Å². The van der Waals surface area contributed by atoms with Crippen LogP contribution in [0.5, 0.6) is 0 Å². The van der Waals surface area contributed by atoms with Gasteiger partial charge in [0.15, 0.2) is 0 Å². The number of hydrogen-bond acceptors (Lipinski definition) is 4. The molecule has 2 unspecified atom stereocenters. The van der Waals surface area contributed by atoms with Crippen LogP contribution in [-0.4, -0.2) is 41.0 Å². The summed E-state index contributed by atoms with van der Waals surface area (Å²) >= 11 is 0. The molecule has 142 valence electrons. The average Bonchev–Trinajstić information content (AvgIpc) is 3.05. The molecule has 26 heavy (non-hydrogen) atoms. The van der Waals surface area contributed by atoms with Crippen molar-refractivity contribution < 1.29 is 19.1 Å². The van der Waals surface area contributed by atoms with Crippen molar-refractivity contribution in [1.82, 2.24) is 10.2 Å². The van der Waals surface area contributed by atoms with Crippen molar-refractivity contribution in [2.45, 2.75) is 38.8 Å². The maximum atomic E-state index is 12.5. The monoisotopic (exact) mass is 380 g/mol. The van der Waals surface area contributed by atoms with Gasteiger partial charge >= 0.3 is 5.97 Å². The van der Waals surface area contributed by atoms with Crippen LogP contribution in [0.1, 0.15) is 38.5 Å². The number of aliphatic carboxylic acids is 1. The number of benzene rings is 1. The lowest BCUT2D eigenvalue weighted by atomic mass is 9.96. The number of carboxylic acid groups (broad SMARTS) is 1. The summed E-state index contributed by atoms with van der Waals surface area (Å²) in [6, 6.07) is 9.19. The number of carbonyl (C=O) groups is 2. The van der Waals surface area contributed by atoms with Gasteiger partial charge in [0.2, 0.25) is 5.91 Å². The van der Waals surface area contributed by atoms with Crippen molar-refractivity contribution in [2.75, 3.05) is 13.1 Å². The smallest absolute Gasteiger partial charge is 0.306 e. The molecule has 1 saturated heterocycles. The van der Waals surface area contributed by atoms with Gasteiger partial charge in [-0.15, -0.1) is 12.4 Å². The second-order valence-electron chi connectivity index (χ2n) is 6.74. The summed E-state index contributed by atoms with van der Waals surface area (Å²) < 4.78 is 5.80. The Morgan fingerprint density at radius 1 is 1.23 bits per heavy atom. The molecule has 1 aromatic heterocycles. The Morgan fingerprint density at radius 2 is 1.88 bits per heavy atom. The molecule has 2 N–H and O–H groups in total. The van der Waals surface area contributed by atoms with Gasteiger partial charge < -0.3 is 14.8 Å². The fourth-order valence-corrected chi connectivity index (χ4v) is 3.32. The second kappa shape index (κ2) is 8.56. The third-order valence-electron chi connectivity index (χ3n) is 5.04. The molecule has 1 fully saturated rings. The maximum Gasteiger partial charge on any atom is 0.306 e. The quantitative estimate of drug-likeness (QED) is 0.832. The number of fused-ring (bicyclic) bond motifs is 1. The summed E-state index contributed by atoms with van der Waals surface area (Å²) in [6.07, 6.45) is 1.18. The number of piperidine rings is 1. The third-order valence-corrected chi connectivity index (χ3v) is 5.04.